The molecule has 0 radical (unpaired) electrons. The van der Waals surface area contributed by atoms with Crippen molar-refractivity contribution in [3.05, 3.63) is 0 Å². The minimum absolute atomic E-state index is 0.565. The number of epoxide rings is 1. The van der Waals surface area contributed by atoms with Crippen molar-refractivity contribution in [2.24, 2.45) is 0 Å². The summed E-state index contributed by atoms with van der Waals surface area (Å²) >= 11 is 3.39. The van der Waals surface area contributed by atoms with Gasteiger partial charge in [0.05, 0.1) is 27.7 Å². The maximum absolute atomic E-state index is 7.72. The lowest BCUT2D eigenvalue weighted by Crippen LogP contribution is -2.37. The number of ether oxygens (including phenoxy) is 1. The maximum Gasteiger partial charge on any atom is 0.130 e. The molecule has 1 heterocycles. The first-order chi connectivity index (χ1) is 4.58. The molecule has 1 saturated heterocycles. The predicted octanol–water partition coefficient (Wildman–Crippen LogP) is -0.408. The van der Waals surface area contributed by atoms with Gasteiger partial charge in [0.1, 0.15) is 12.6 Å². The molecule has 4 heteroatoms. The van der Waals surface area contributed by atoms with Crippen LogP contribution in [0.1, 0.15) is 0 Å². The highest BCUT2D eigenvalue weighted by Crippen LogP contribution is 2.11. The SMILES string of the molecule is C[N+](C)(C)CC1CO1.[O-]Cl. The zero-order chi connectivity index (χ0) is 8.20. The monoisotopic (exact) mass is 167 g/mol. The van der Waals surface area contributed by atoms with Gasteiger partial charge < -0.3 is 13.9 Å². The van der Waals surface area contributed by atoms with E-state index in [1.165, 1.54) is 0 Å². The van der Waals surface area contributed by atoms with Gasteiger partial charge in [-0.1, -0.05) is 0 Å². The van der Waals surface area contributed by atoms with Crippen LogP contribution in [0, 0.1) is 0 Å². The molecule has 1 aliphatic rings. The third kappa shape index (κ3) is 6.29. The van der Waals surface area contributed by atoms with Gasteiger partial charge in [-0.05, 0) is 0 Å². The topological polar surface area (TPSA) is 35.6 Å². The molecule has 62 valence electrons. The van der Waals surface area contributed by atoms with Crippen molar-refractivity contribution in [1.82, 2.24) is 0 Å². The van der Waals surface area contributed by atoms with Crippen molar-refractivity contribution in [3.8, 4) is 0 Å². The predicted molar refractivity (Wildman–Crippen MR) is 38.5 cm³/mol. The Morgan fingerprint density at radius 2 is 1.90 bits per heavy atom. The molecule has 0 aromatic rings. The lowest BCUT2D eigenvalue weighted by Gasteiger charge is -2.22. The second-order valence-corrected chi connectivity index (χ2v) is 3.43. The number of hydrogen-bond acceptors (Lipinski definition) is 2. The van der Waals surface area contributed by atoms with Crippen LogP contribution in [0.4, 0.5) is 0 Å². The fourth-order valence-electron chi connectivity index (χ4n) is 0.784. The number of quaternary nitrogens is 1. The van der Waals surface area contributed by atoms with Crippen LogP contribution in [0.5, 0.6) is 0 Å². The van der Waals surface area contributed by atoms with Gasteiger partial charge in [-0.15, -0.1) is 0 Å². The van der Waals surface area contributed by atoms with Crippen molar-refractivity contribution in [1.29, 1.82) is 0 Å². The number of rotatable bonds is 2. The van der Waals surface area contributed by atoms with E-state index < -0.39 is 0 Å². The van der Waals surface area contributed by atoms with Gasteiger partial charge >= 0.3 is 0 Å². The standard InChI is InChI=1S/C6H14NO.ClO/c1-7(2,3)4-6-5-8-6;1-2/h6H,4-5H2,1-3H3;/q+1;-1. The molecule has 1 aliphatic heterocycles. The average Bonchev–Trinajstić information content (AvgIpc) is 2.52. The average molecular weight is 168 g/mol. The Labute approximate surface area is 66.9 Å². The first-order valence-electron chi connectivity index (χ1n) is 3.15. The van der Waals surface area contributed by atoms with Crippen LogP contribution in [0.15, 0.2) is 0 Å². The summed E-state index contributed by atoms with van der Waals surface area (Å²) in [5.74, 6) is 0. The van der Waals surface area contributed by atoms with E-state index in [1.54, 1.807) is 0 Å². The number of likely N-dealkylation sites (N-methyl/N-ethyl adjacent to an activating group) is 1. The molecular weight excluding hydrogens is 154 g/mol. The van der Waals surface area contributed by atoms with Crippen LogP contribution in [0.2, 0.25) is 0 Å². The molecule has 1 fully saturated rings. The molecule has 0 bridgehead atoms. The fourth-order valence-corrected chi connectivity index (χ4v) is 0.784. The van der Waals surface area contributed by atoms with Crippen molar-refractivity contribution in [2.45, 2.75) is 6.10 Å². The van der Waals surface area contributed by atoms with E-state index in [0.29, 0.717) is 6.10 Å². The molecule has 1 rings (SSSR count). The molecular formula is C6H14ClNO2. The Bertz CT molecular complexity index is 88.2. The van der Waals surface area contributed by atoms with Crippen LogP contribution in [-0.2, 0) is 4.74 Å². The minimum Gasteiger partial charge on any atom is -0.769 e. The first-order valence-corrected chi connectivity index (χ1v) is 3.46. The molecule has 1 atom stereocenters. The van der Waals surface area contributed by atoms with Crippen LogP contribution in [0.3, 0.4) is 0 Å². The second-order valence-electron chi connectivity index (χ2n) is 3.43. The van der Waals surface area contributed by atoms with Gasteiger partial charge in [0, 0.05) is 0 Å². The van der Waals surface area contributed by atoms with E-state index in [4.69, 9.17) is 9.40 Å². The smallest absolute Gasteiger partial charge is 0.130 e. The van der Waals surface area contributed by atoms with E-state index in [1.807, 2.05) is 0 Å². The van der Waals surface area contributed by atoms with E-state index in [9.17, 15) is 0 Å². The molecule has 0 aromatic heterocycles. The Hall–Kier alpha value is 0.170. The summed E-state index contributed by atoms with van der Waals surface area (Å²) in [5, 5.41) is 0. The molecule has 0 saturated carbocycles. The highest BCUT2D eigenvalue weighted by Gasteiger charge is 2.28. The van der Waals surface area contributed by atoms with Crippen molar-refractivity contribution >= 4 is 11.9 Å². The van der Waals surface area contributed by atoms with Crippen molar-refractivity contribution < 1.29 is 13.9 Å². The van der Waals surface area contributed by atoms with Crippen LogP contribution >= 0.6 is 11.9 Å². The summed E-state index contributed by atoms with van der Waals surface area (Å²) in [6.45, 7) is 2.13. The van der Waals surface area contributed by atoms with Gasteiger partial charge in [-0.2, -0.15) is 0 Å². The molecule has 10 heavy (non-hydrogen) atoms. The van der Waals surface area contributed by atoms with Crippen LogP contribution < -0.4 is 4.66 Å². The zero-order valence-electron chi connectivity index (χ0n) is 6.63. The summed E-state index contributed by atoms with van der Waals surface area (Å²) < 4.78 is 13.8. The third-order valence-corrected chi connectivity index (χ3v) is 1.15. The minimum atomic E-state index is 0.565. The van der Waals surface area contributed by atoms with Crippen LogP contribution in [0.25, 0.3) is 0 Å². The van der Waals surface area contributed by atoms with Gasteiger partial charge in [-0.3, -0.25) is 0 Å². The molecule has 0 aromatic carbocycles. The van der Waals surface area contributed by atoms with Gasteiger partial charge in [0.15, 0.2) is 0 Å². The first kappa shape index (κ1) is 10.2. The highest BCUT2D eigenvalue weighted by atomic mass is 35.5. The number of nitrogens with zero attached hydrogens (tertiary/aromatic N) is 1. The highest BCUT2D eigenvalue weighted by molar-refractivity contribution is 6.02. The summed E-state index contributed by atoms with van der Waals surface area (Å²) in [7, 11) is 6.55. The van der Waals surface area contributed by atoms with E-state index >= 15 is 0 Å². The number of halogens is 1. The van der Waals surface area contributed by atoms with Crippen molar-refractivity contribution in [2.75, 3.05) is 34.3 Å². The lowest BCUT2D eigenvalue weighted by molar-refractivity contribution is -0.870. The summed E-state index contributed by atoms with van der Waals surface area (Å²) in [4.78, 5) is 0. The Kier molecular flexibility index (Phi) is 4.20. The van der Waals surface area contributed by atoms with Gasteiger partial charge in [0.25, 0.3) is 0 Å². The molecule has 3 nitrogen and oxygen atoms in total. The Morgan fingerprint density at radius 1 is 1.50 bits per heavy atom. The molecule has 1 unspecified atom stereocenters. The summed E-state index contributed by atoms with van der Waals surface area (Å²) in [5.41, 5.74) is 0. The summed E-state index contributed by atoms with van der Waals surface area (Å²) in [6, 6.07) is 0. The van der Waals surface area contributed by atoms with E-state index in [-0.39, 0.29) is 0 Å². The summed E-state index contributed by atoms with van der Waals surface area (Å²) in [6.07, 6.45) is 0.565. The quantitative estimate of drug-likeness (QED) is 0.414. The fraction of sp³-hybridized carbons (Fsp3) is 1.00. The molecule has 0 aliphatic carbocycles. The van der Waals surface area contributed by atoms with Crippen LogP contribution in [-0.4, -0.2) is 44.9 Å². The zero-order valence-corrected chi connectivity index (χ0v) is 7.39. The van der Waals surface area contributed by atoms with Gasteiger partial charge in [-0.25, -0.2) is 11.9 Å². The number of hydrogen-bond donors (Lipinski definition) is 0. The van der Waals surface area contributed by atoms with E-state index in [2.05, 4.69) is 33.0 Å². The van der Waals surface area contributed by atoms with Crippen molar-refractivity contribution in [3.63, 3.8) is 0 Å². The lowest BCUT2D eigenvalue weighted by atomic mass is 10.4. The maximum atomic E-state index is 7.72. The Balaban J connectivity index is 0.000000371. The second kappa shape index (κ2) is 4.13. The molecule has 0 N–H and O–H groups in total. The third-order valence-electron chi connectivity index (χ3n) is 1.15. The molecule has 0 amide bonds. The van der Waals surface area contributed by atoms with E-state index in [0.717, 1.165) is 17.6 Å². The molecule has 0 spiro atoms. The van der Waals surface area contributed by atoms with Gasteiger partial charge in [0.2, 0.25) is 0 Å². The largest absolute Gasteiger partial charge is 0.769 e. The Morgan fingerprint density at radius 3 is 2.00 bits per heavy atom. The normalized spacial score (nSPS) is 23.1.